The Labute approximate surface area is 168 Å². The van der Waals surface area contributed by atoms with Gasteiger partial charge in [0.25, 0.3) is 0 Å². The maximum atomic E-state index is 13.0. The standard InChI is InChI=1S/C20H24N2O5S/c1-4-22-17(23)13-15(21-12-10-8-7-9-11-12)16(13)28-18(22)14(19(24)26-5-2)20(25)27-6-3/h7-11,13,15-16,21H,4-6H2,1-3H3. The van der Waals surface area contributed by atoms with Crippen LogP contribution in [0.15, 0.2) is 40.9 Å². The Kier molecular flexibility index (Phi) is 6.28. The number of nitrogens with one attached hydrogen (secondary N) is 1. The van der Waals surface area contributed by atoms with Crippen LogP contribution in [-0.4, -0.2) is 53.8 Å². The number of fused-ring (bicyclic) bond motifs is 1. The van der Waals surface area contributed by atoms with E-state index in [1.165, 1.54) is 16.7 Å². The number of carbonyl (C=O) groups excluding carboxylic acids is 3. The van der Waals surface area contributed by atoms with E-state index >= 15 is 0 Å². The molecule has 1 saturated heterocycles. The lowest BCUT2D eigenvalue weighted by atomic mass is 10.2. The Morgan fingerprint density at radius 1 is 1.07 bits per heavy atom. The Bertz CT molecular complexity index is 775. The highest BCUT2D eigenvalue weighted by molar-refractivity contribution is 8.04. The van der Waals surface area contributed by atoms with E-state index in [1.54, 1.807) is 13.8 Å². The van der Waals surface area contributed by atoms with Crippen molar-refractivity contribution in [2.24, 2.45) is 5.92 Å². The molecule has 1 amide bonds. The molecule has 1 N–H and O–H groups in total. The topological polar surface area (TPSA) is 84.9 Å². The predicted octanol–water partition coefficient (Wildman–Crippen LogP) is 2.40. The first-order valence-corrected chi connectivity index (χ1v) is 10.3. The van der Waals surface area contributed by atoms with Crippen molar-refractivity contribution in [1.29, 1.82) is 0 Å². The van der Waals surface area contributed by atoms with Crippen LogP contribution in [0, 0.1) is 5.92 Å². The zero-order chi connectivity index (χ0) is 20.3. The van der Waals surface area contributed by atoms with Crippen LogP contribution >= 0.6 is 11.8 Å². The number of hydrogen-bond donors (Lipinski definition) is 1. The van der Waals surface area contributed by atoms with Gasteiger partial charge in [-0.25, -0.2) is 9.59 Å². The number of carbonyl (C=O) groups is 3. The minimum Gasteiger partial charge on any atom is -0.462 e. The molecule has 0 bridgehead atoms. The van der Waals surface area contributed by atoms with Crippen molar-refractivity contribution >= 4 is 35.3 Å². The van der Waals surface area contributed by atoms with Gasteiger partial charge >= 0.3 is 11.9 Å². The highest BCUT2D eigenvalue weighted by Crippen LogP contribution is 2.53. The van der Waals surface area contributed by atoms with E-state index in [0.29, 0.717) is 11.6 Å². The lowest BCUT2D eigenvalue weighted by molar-refractivity contribution is -0.146. The molecule has 1 aliphatic heterocycles. The molecule has 1 saturated carbocycles. The molecule has 3 unspecified atom stereocenters. The largest absolute Gasteiger partial charge is 0.462 e. The van der Waals surface area contributed by atoms with Gasteiger partial charge in [0.15, 0.2) is 5.57 Å². The quantitative estimate of drug-likeness (QED) is 0.323. The first-order valence-electron chi connectivity index (χ1n) is 9.41. The van der Waals surface area contributed by atoms with E-state index in [4.69, 9.17) is 9.47 Å². The molecule has 0 aromatic heterocycles. The van der Waals surface area contributed by atoms with Crippen LogP contribution in [0.25, 0.3) is 0 Å². The van der Waals surface area contributed by atoms with Gasteiger partial charge in [-0.2, -0.15) is 0 Å². The number of benzene rings is 1. The van der Waals surface area contributed by atoms with Gasteiger partial charge in [0.05, 0.1) is 25.2 Å². The Morgan fingerprint density at radius 3 is 2.21 bits per heavy atom. The van der Waals surface area contributed by atoms with Gasteiger partial charge in [0, 0.05) is 17.5 Å². The zero-order valence-corrected chi connectivity index (χ0v) is 17.0. The second-order valence-electron chi connectivity index (χ2n) is 6.35. The summed E-state index contributed by atoms with van der Waals surface area (Å²) in [6, 6.07) is 9.60. The minimum atomic E-state index is -0.763. The summed E-state index contributed by atoms with van der Waals surface area (Å²) in [6.07, 6.45) is 0. The molecule has 0 spiro atoms. The van der Waals surface area contributed by atoms with E-state index in [-0.39, 0.29) is 41.9 Å². The second kappa shape index (κ2) is 8.68. The van der Waals surface area contributed by atoms with Gasteiger partial charge in [0.2, 0.25) is 5.91 Å². The van der Waals surface area contributed by atoms with Gasteiger partial charge in [-0.3, -0.25) is 4.79 Å². The smallest absolute Gasteiger partial charge is 0.348 e. The number of amides is 1. The molecular formula is C20H24N2O5S. The summed E-state index contributed by atoms with van der Waals surface area (Å²) in [5.74, 6) is -1.82. The fraction of sp³-hybridized carbons (Fsp3) is 0.450. The summed E-state index contributed by atoms with van der Waals surface area (Å²) in [5.41, 5.74) is 0.729. The maximum absolute atomic E-state index is 13.0. The molecule has 0 radical (unpaired) electrons. The Balaban J connectivity index is 1.91. The van der Waals surface area contributed by atoms with Crippen molar-refractivity contribution in [3.05, 3.63) is 40.9 Å². The molecule has 1 aliphatic carbocycles. The van der Waals surface area contributed by atoms with Crippen LogP contribution in [0.3, 0.4) is 0 Å². The first kappa shape index (κ1) is 20.3. The third kappa shape index (κ3) is 3.87. The van der Waals surface area contributed by atoms with Gasteiger partial charge in [-0.15, -0.1) is 11.8 Å². The summed E-state index contributed by atoms with van der Waals surface area (Å²) in [7, 11) is 0. The summed E-state index contributed by atoms with van der Waals surface area (Å²) >= 11 is 1.36. The molecule has 1 heterocycles. The van der Waals surface area contributed by atoms with E-state index in [9.17, 15) is 14.4 Å². The molecule has 2 fully saturated rings. The van der Waals surface area contributed by atoms with Crippen LogP contribution < -0.4 is 5.32 Å². The lowest BCUT2D eigenvalue weighted by Crippen LogP contribution is -2.37. The second-order valence-corrected chi connectivity index (χ2v) is 7.51. The van der Waals surface area contributed by atoms with E-state index in [0.717, 1.165) is 5.69 Å². The van der Waals surface area contributed by atoms with Gasteiger partial charge in [0.1, 0.15) is 5.03 Å². The number of hydrogen-bond acceptors (Lipinski definition) is 7. The highest BCUT2D eigenvalue weighted by atomic mass is 32.2. The maximum Gasteiger partial charge on any atom is 0.348 e. The van der Waals surface area contributed by atoms with Gasteiger partial charge < -0.3 is 19.7 Å². The molecule has 3 atom stereocenters. The molecule has 2 aliphatic rings. The summed E-state index contributed by atoms with van der Waals surface area (Å²) < 4.78 is 10.1. The number of anilines is 1. The average molecular weight is 404 g/mol. The SMILES string of the molecule is CCOC(=O)C(C(=O)OCC)=C1SC2C(Nc3ccccc3)C2C(=O)N1CC. The normalized spacial score (nSPS) is 23.0. The molecule has 150 valence electrons. The monoisotopic (exact) mass is 404 g/mol. The van der Waals surface area contributed by atoms with E-state index in [1.807, 2.05) is 37.3 Å². The zero-order valence-electron chi connectivity index (χ0n) is 16.1. The number of rotatable bonds is 7. The number of ether oxygens (including phenoxy) is 2. The molecule has 28 heavy (non-hydrogen) atoms. The molecule has 8 heteroatoms. The van der Waals surface area contributed by atoms with Crippen molar-refractivity contribution in [1.82, 2.24) is 4.90 Å². The van der Waals surface area contributed by atoms with Crippen LogP contribution in [0.4, 0.5) is 5.69 Å². The van der Waals surface area contributed by atoms with E-state index < -0.39 is 11.9 Å². The molecule has 7 nitrogen and oxygen atoms in total. The van der Waals surface area contributed by atoms with Crippen molar-refractivity contribution < 1.29 is 23.9 Å². The van der Waals surface area contributed by atoms with Gasteiger partial charge in [-0.05, 0) is 32.9 Å². The van der Waals surface area contributed by atoms with Crippen LogP contribution in [0.2, 0.25) is 0 Å². The molecule has 3 rings (SSSR count). The third-order valence-electron chi connectivity index (χ3n) is 4.59. The molecule has 1 aromatic carbocycles. The Hall–Kier alpha value is -2.48. The summed E-state index contributed by atoms with van der Waals surface area (Å²) in [6.45, 7) is 5.76. The van der Waals surface area contributed by atoms with Crippen molar-refractivity contribution in [2.45, 2.75) is 32.1 Å². The lowest BCUT2D eigenvalue weighted by Gasteiger charge is -2.28. The van der Waals surface area contributed by atoms with Crippen molar-refractivity contribution in [2.75, 3.05) is 25.1 Å². The van der Waals surface area contributed by atoms with Crippen LogP contribution in [0.1, 0.15) is 20.8 Å². The first-order chi connectivity index (χ1) is 13.5. The average Bonchev–Trinajstić information content (AvgIpc) is 3.36. The molecule has 1 aromatic rings. The summed E-state index contributed by atoms with van der Waals surface area (Å²) in [4.78, 5) is 39.4. The minimum absolute atomic E-state index is 0.0515. The number of nitrogens with zero attached hydrogens (tertiary/aromatic N) is 1. The van der Waals surface area contributed by atoms with Crippen molar-refractivity contribution in [3.63, 3.8) is 0 Å². The van der Waals surface area contributed by atoms with Crippen molar-refractivity contribution in [3.8, 4) is 0 Å². The summed E-state index contributed by atoms with van der Waals surface area (Å²) in [5, 5.41) is 3.65. The van der Waals surface area contributed by atoms with E-state index in [2.05, 4.69) is 5.32 Å². The van der Waals surface area contributed by atoms with Gasteiger partial charge in [-0.1, -0.05) is 18.2 Å². The number of thioether (sulfide) groups is 1. The predicted molar refractivity (Wildman–Crippen MR) is 106 cm³/mol. The number of esters is 2. The Morgan fingerprint density at radius 2 is 1.68 bits per heavy atom. The van der Waals surface area contributed by atoms with Crippen LogP contribution in [-0.2, 0) is 23.9 Å². The molecular weight excluding hydrogens is 380 g/mol. The third-order valence-corrected chi connectivity index (χ3v) is 6.10. The fourth-order valence-corrected chi connectivity index (χ4v) is 4.87. The highest BCUT2D eigenvalue weighted by Gasteiger charge is 2.61. The fourth-order valence-electron chi connectivity index (χ4n) is 3.25. The number of para-hydroxylation sites is 1. The van der Waals surface area contributed by atoms with Crippen LogP contribution in [0.5, 0.6) is 0 Å².